The third-order valence-electron chi connectivity index (χ3n) is 1.90. The van der Waals surface area contributed by atoms with Crippen molar-refractivity contribution in [2.75, 3.05) is 7.05 Å². The van der Waals surface area contributed by atoms with Gasteiger partial charge in [0, 0.05) is 23.9 Å². The van der Waals surface area contributed by atoms with Crippen LogP contribution in [0, 0.1) is 0 Å². The van der Waals surface area contributed by atoms with E-state index in [4.69, 9.17) is 12.2 Å². The lowest BCUT2D eigenvalue weighted by Crippen LogP contribution is -2.24. The molecule has 0 aliphatic heterocycles. The number of hydrogen-bond donors (Lipinski definition) is 1. The van der Waals surface area contributed by atoms with Crippen LogP contribution in [0.4, 0.5) is 0 Å². The number of Topliss-reactive ketones (excluding diaryl/α,β-unsaturated/α-hetero) is 1. The first-order valence-electron chi connectivity index (χ1n) is 4.29. The van der Waals surface area contributed by atoms with E-state index in [9.17, 15) is 9.59 Å². The first-order valence-corrected chi connectivity index (χ1v) is 4.69. The van der Waals surface area contributed by atoms with Crippen molar-refractivity contribution >= 4 is 28.8 Å². The summed E-state index contributed by atoms with van der Waals surface area (Å²) < 4.78 is 0. The van der Waals surface area contributed by atoms with Gasteiger partial charge in [-0.05, 0) is 0 Å². The van der Waals surface area contributed by atoms with Crippen molar-refractivity contribution < 1.29 is 9.59 Å². The number of amides is 1. The number of nitrogens with one attached hydrogen (secondary N) is 1. The summed E-state index contributed by atoms with van der Waals surface area (Å²) in [4.78, 5) is 23.1. The quantitative estimate of drug-likeness (QED) is 0.556. The molecule has 0 heterocycles. The molecule has 0 spiro atoms. The van der Waals surface area contributed by atoms with Crippen molar-refractivity contribution in [3.63, 3.8) is 0 Å². The van der Waals surface area contributed by atoms with Gasteiger partial charge in [0.15, 0.2) is 5.78 Å². The first-order chi connectivity index (χ1) is 6.65. The molecule has 1 N–H and O–H groups in total. The minimum Gasteiger partial charge on any atom is -0.359 e. The third-order valence-corrected chi connectivity index (χ3v) is 2.29. The second-order valence-electron chi connectivity index (χ2n) is 2.91. The molecule has 0 radical (unpaired) electrons. The van der Waals surface area contributed by atoms with E-state index in [0.717, 1.165) is 0 Å². The maximum atomic E-state index is 11.5. The summed E-state index contributed by atoms with van der Waals surface area (Å²) in [6.45, 7) is 0. The summed E-state index contributed by atoms with van der Waals surface area (Å²) in [5.41, 5.74) is 0.492. The van der Waals surface area contributed by atoms with E-state index in [2.05, 4.69) is 5.32 Å². The number of hydrogen-bond acceptors (Lipinski definition) is 3. The molecule has 1 amide bonds. The standard InChI is InChI=1S/C10H11NO2S/c1-11-10(13)6-8(12)7-4-2-3-5-9(7)14/h2-4H,5-6H2,1H3,(H,11,13). The molecule has 0 fully saturated rings. The normalized spacial score (nSPS) is 14.9. The molecule has 0 saturated heterocycles. The summed E-state index contributed by atoms with van der Waals surface area (Å²) >= 11 is 5.02. The zero-order valence-electron chi connectivity index (χ0n) is 7.87. The largest absolute Gasteiger partial charge is 0.359 e. The molecule has 0 aromatic rings. The second-order valence-corrected chi connectivity index (χ2v) is 3.40. The first kappa shape index (κ1) is 10.8. The van der Waals surface area contributed by atoms with Crippen LogP contribution in [0.2, 0.25) is 0 Å². The lowest BCUT2D eigenvalue weighted by molar-refractivity contribution is -0.126. The summed E-state index contributed by atoms with van der Waals surface area (Å²) in [7, 11) is 1.50. The number of thiocarbonyl (C=S) groups is 1. The Kier molecular flexibility index (Phi) is 3.71. The molecule has 3 nitrogen and oxygen atoms in total. The summed E-state index contributed by atoms with van der Waals surface area (Å²) in [5.74, 6) is -0.494. The van der Waals surface area contributed by atoms with Crippen LogP contribution in [-0.4, -0.2) is 23.6 Å². The Bertz CT molecular complexity index is 342. The van der Waals surface area contributed by atoms with E-state index in [-0.39, 0.29) is 18.1 Å². The zero-order chi connectivity index (χ0) is 10.6. The molecule has 0 bridgehead atoms. The van der Waals surface area contributed by atoms with Gasteiger partial charge in [0.25, 0.3) is 0 Å². The van der Waals surface area contributed by atoms with E-state index < -0.39 is 0 Å². The molecular formula is C10H11NO2S. The average Bonchev–Trinajstić information content (AvgIpc) is 2.18. The summed E-state index contributed by atoms with van der Waals surface area (Å²) in [5, 5.41) is 2.40. The van der Waals surface area contributed by atoms with Gasteiger partial charge in [-0.3, -0.25) is 9.59 Å². The van der Waals surface area contributed by atoms with Gasteiger partial charge < -0.3 is 5.32 Å². The van der Waals surface area contributed by atoms with Gasteiger partial charge >= 0.3 is 0 Å². The van der Waals surface area contributed by atoms with E-state index in [1.807, 2.05) is 6.08 Å². The number of carbonyl (C=O) groups is 2. The molecule has 0 aromatic carbocycles. The van der Waals surface area contributed by atoms with Gasteiger partial charge in [-0.15, -0.1) is 0 Å². The van der Waals surface area contributed by atoms with Crippen LogP contribution in [-0.2, 0) is 9.59 Å². The van der Waals surface area contributed by atoms with Gasteiger partial charge in [-0.25, -0.2) is 0 Å². The smallest absolute Gasteiger partial charge is 0.227 e. The van der Waals surface area contributed by atoms with Gasteiger partial charge in [0.05, 0.1) is 6.42 Å². The maximum Gasteiger partial charge on any atom is 0.227 e. The summed E-state index contributed by atoms with van der Waals surface area (Å²) in [6, 6.07) is 0. The fraction of sp³-hybridized carbons (Fsp3) is 0.300. The van der Waals surface area contributed by atoms with Crippen molar-refractivity contribution in [3.05, 3.63) is 23.8 Å². The molecule has 1 aliphatic carbocycles. The number of allylic oxidation sites excluding steroid dienone is 4. The van der Waals surface area contributed by atoms with Crippen LogP contribution in [0.3, 0.4) is 0 Å². The Hall–Kier alpha value is -1.29. The SMILES string of the molecule is CNC(=O)CC(=O)C1=CC=CCC1=S. The van der Waals surface area contributed by atoms with Gasteiger partial charge in [-0.2, -0.15) is 0 Å². The predicted octanol–water partition coefficient (Wildman–Crippen LogP) is 0.948. The summed E-state index contributed by atoms with van der Waals surface area (Å²) in [6.07, 6.45) is 5.82. The Labute approximate surface area is 87.9 Å². The lowest BCUT2D eigenvalue weighted by Gasteiger charge is -2.08. The van der Waals surface area contributed by atoms with Crippen LogP contribution in [0.1, 0.15) is 12.8 Å². The number of ketones is 1. The highest BCUT2D eigenvalue weighted by Crippen LogP contribution is 2.12. The van der Waals surface area contributed by atoms with E-state index >= 15 is 0 Å². The Balaban J connectivity index is 2.69. The third kappa shape index (κ3) is 2.60. The predicted molar refractivity (Wildman–Crippen MR) is 58.1 cm³/mol. The number of carbonyl (C=O) groups excluding carboxylic acids is 2. The molecular weight excluding hydrogens is 198 g/mol. The van der Waals surface area contributed by atoms with Crippen LogP contribution < -0.4 is 5.32 Å². The van der Waals surface area contributed by atoms with Crippen LogP contribution in [0.25, 0.3) is 0 Å². The Morgan fingerprint density at radius 2 is 2.29 bits per heavy atom. The molecule has 14 heavy (non-hydrogen) atoms. The highest BCUT2D eigenvalue weighted by Gasteiger charge is 2.17. The van der Waals surface area contributed by atoms with Gasteiger partial charge in [-0.1, -0.05) is 30.4 Å². The van der Waals surface area contributed by atoms with Gasteiger partial charge in [0.2, 0.25) is 5.91 Å². The molecule has 4 heteroatoms. The second kappa shape index (κ2) is 4.81. The van der Waals surface area contributed by atoms with Crippen molar-refractivity contribution in [1.82, 2.24) is 5.32 Å². The molecule has 0 unspecified atom stereocenters. The minimum absolute atomic E-state index is 0.129. The van der Waals surface area contributed by atoms with Gasteiger partial charge in [0.1, 0.15) is 0 Å². The van der Waals surface area contributed by atoms with Crippen LogP contribution in [0.5, 0.6) is 0 Å². The Morgan fingerprint density at radius 1 is 1.57 bits per heavy atom. The molecule has 74 valence electrons. The molecule has 0 atom stereocenters. The monoisotopic (exact) mass is 209 g/mol. The van der Waals surface area contributed by atoms with E-state index in [0.29, 0.717) is 16.9 Å². The van der Waals surface area contributed by atoms with E-state index in [1.165, 1.54) is 7.05 Å². The van der Waals surface area contributed by atoms with Crippen molar-refractivity contribution in [2.45, 2.75) is 12.8 Å². The van der Waals surface area contributed by atoms with Crippen molar-refractivity contribution in [2.24, 2.45) is 0 Å². The topological polar surface area (TPSA) is 46.2 Å². The van der Waals surface area contributed by atoms with Crippen molar-refractivity contribution in [3.8, 4) is 0 Å². The highest BCUT2D eigenvalue weighted by atomic mass is 32.1. The fourth-order valence-corrected chi connectivity index (χ4v) is 1.40. The molecule has 1 rings (SSSR count). The highest BCUT2D eigenvalue weighted by molar-refractivity contribution is 7.81. The van der Waals surface area contributed by atoms with Crippen molar-refractivity contribution in [1.29, 1.82) is 0 Å². The molecule has 1 aliphatic rings. The lowest BCUT2D eigenvalue weighted by atomic mass is 9.99. The Morgan fingerprint density at radius 3 is 2.86 bits per heavy atom. The average molecular weight is 209 g/mol. The van der Waals surface area contributed by atoms with Crippen LogP contribution in [0.15, 0.2) is 23.8 Å². The maximum absolute atomic E-state index is 11.5. The van der Waals surface area contributed by atoms with E-state index in [1.54, 1.807) is 12.2 Å². The van der Waals surface area contributed by atoms with Crippen LogP contribution >= 0.6 is 12.2 Å². The fourth-order valence-electron chi connectivity index (χ4n) is 1.12. The molecule has 0 aromatic heterocycles. The zero-order valence-corrected chi connectivity index (χ0v) is 8.69. The number of rotatable bonds is 3. The minimum atomic E-state index is -0.284. The molecule has 0 saturated carbocycles.